The molecule has 0 bridgehead atoms. The molecule has 0 spiro atoms. The molecule has 1 N–H and O–H groups in total. The topological polar surface area (TPSA) is 15.3 Å². The van der Waals surface area contributed by atoms with E-state index in [2.05, 4.69) is 55.3 Å². The summed E-state index contributed by atoms with van der Waals surface area (Å²) in [5.41, 5.74) is 3.08. The summed E-state index contributed by atoms with van der Waals surface area (Å²) in [5.74, 6) is 0.848. The number of likely N-dealkylation sites (tertiary alicyclic amines) is 1. The van der Waals surface area contributed by atoms with Gasteiger partial charge >= 0.3 is 0 Å². The second kappa shape index (κ2) is 5.26. The summed E-state index contributed by atoms with van der Waals surface area (Å²) in [5, 5.41) is 3.72. The monoisotopic (exact) mass is 258 g/mol. The fourth-order valence-corrected chi connectivity index (χ4v) is 4.14. The van der Waals surface area contributed by atoms with E-state index in [1.165, 1.54) is 24.9 Å². The molecule has 2 aliphatic rings. The van der Waals surface area contributed by atoms with Gasteiger partial charge in [0.15, 0.2) is 0 Å². The minimum absolute atomic E-state index is 0.522. The number of hydrogen-bond acceptors (Lipinski definition) is 2. The summed E-state index contributed by atoms with van der Waals surface area (Å²) in [6, 6.07) is 10.9. The van der Waals surface area contributed by atoms with E-state index in [9.17, 15) is 0 Å². The summed E-state index contributed by atoms with van der Waals surface area (Å²) in [6.45, 7) is 9.32. The lowest BCUT2D eigenvalue weighted by Crippen LogP contribution is -2.44. The fourth-order valence-electron chi connectivity index (χ4n) is 4.14. The van der Waals surface area contributed by atoms with E-state index in [1.807, 2.05) is 0 Å². The molecule has 1 aromatic carbocycles. The van der Waals surface area contributed by atoms with Crippen molar-refractivity contribution in [1.29, 1.82) is 0 Å². The number of rotatable bonds is 3. The van der Waals surface area contributed by atoms with Crippen molar-refractivity contribution in [2.45, 2.75) is 51.7 Å². The molecule has 104 valence electrons. The van der Waals surface area contributed by atoms with Crippen LogP contribution >= 0.6 is 0 Å². The van der Waals surface area contributed by atoms with Crippen molar-refractivity contribution < 1.29 is 0 Å². The Morgan fingerprint density at radius 3 is 2.74 bits per heavy atom. The van der Waals surface area contributed by atoms with E-state index in [0.717, 1.165) is 18.5 Å². The predicted octanol–water partition coefficient (Wildman–Crippen LogP) is 2.99. The highest BCUT2D eigenvalue weighted by atomic mass is 15.2. The van der Waals surface area contributed by atoms with Gasteiger partial charge in [0, 0.05) is 24.7 Å². The summed E-state index contributed by atoms with van der Waals surface area (Å²) >= 11 is 0. The van der Waals surface area contributed by atoms with Crippen molar-refractivity contribution in [3.63, 3.8) is 0 Å². The molecule has 0 radical (unpaired) electrons. The molecule has 1 aliphatic heterocycles. The van der Waals surface area contributed by atoms with Crippen LogP contribution in [0.3, 0.4) is 0 Å². The van der Waals surface area contributed by atoms with Crippen molar-refractivity contribution in [3.8, 4) is 0 Å². The van der Waals surface area contributed by atoms with Crippen LogP contribution in [-0.4, -0.2) is 30.1 Å². The zero-order valence-electron chi connectivity index (χ0n) is 12.4. The van der Waals surface area contributed by atoms with Crippen LogP contribution < -0.4 is 5.32 Å². The van der Waals surface area contributed by atoms with Gasteiger partial charge in [0.05, 0.1) is 0 Å². The maximum Gasteiger partial charge on any atom is 0.0484 e. The minimum Gasteiger partial charge on any atom is -0.309 e. The number of nitrogens with zero attached hydrogens (tertiary/aromatic N) is 1. The molecule has 3 rings (SSSR count). The van der Waals surface area contributed by atoms with E-state index >= 15 is 0 Å². The Hall–Kier alpha value is -0.860. The van der Waals surface area contributed by atoms with Gasteiger partial charge < -0.3 is 5.32 Å². The molecule has 1 fully saturated rings. The molecule has 1 aromatic rings. The van der Waals surface area contributed by atoms with Gasteiger partial charge in [0.1, 0.15) is 0 Å². The van der Waals surface area contributed by atoms with Gasteiger partial charge in [-0.1, -0.05) is 38.1 Å². The van der Waals surface area contributed by atoms with Gasteiger partial charge in [-0.25, -0.2) is 0 Å². The third-order valence-electron chi connectivity index (χ3n) is 4.89. The first-order valence-electron chi connectivity index (χ1n) is 7.77. The molecule has 4 unspecified atom stereocenters. The van der Waals surface area contributed by atoms with Crippen LogP contribution in [0.1, 0.15) is 44.4 Å². The van der Waals surface area contributed by atoms with Crippen LogP contribution in [0.15, 0.2) is 24.3 Å². The smallest absolute Gasteiger partial charge is 0.0484 e. The quantitative estimate of drug-likeness (QED) is 0.896. The van der Waals surface area contributed by atoms with Crippen LogP contribution in [-0.2, 0) is 6.42 Å². The highest BCUT2D eigenvalue weighted by Crippen LogP contribution is 2.38. The van der Waals surface area contributed by atoms with Crippen molar-refractivity contribution >= 4 is 0 Å². The summed E-state index contributed by atoms with van der Waals surface area (Å²) in [4.78, 5) is 2.75. The zero-order chi connectivity index (χ0) is 13.4. The molecule has 19 heavy (non-hydrogen) atoms. The molecule has 0 amide bonds. The lowest BCUT2D eigenvalue weighted by Gasteiger charge is -2.33. The Kier molecular flexibility index (Phi) is 3.64. The second-order valence-corrected chi connectivity index (χ2v) is 6.39. The zero-order valence-corrected chi connectivity index (χ0v) is 12.4. The molecule has 4 atom stereocenters. The fraction of sp³-hybridized carbons (Fsp3) is 0.647. The van der Waals surface area contributed by atoms with Gasteiger partial charge in [0.2, 0.25) is 0 Å². The molecule has 1 saturated heterocycles. The van der Waals surface area contributed by atoms with Gasteiger partial charge in [-0.3, -0.25) is 4.90 Å². The molecular formula is C17H26N2. The summed E-state index contributed by atoms with van der Waals surface area (Å²) in [6.07, 6.45) is 2.57. The highest BCUT2D eigenvalue weighted by Gasteiger charge is 2.40. The third kappa shape index (κ3) is 2.32. The molecule has 1 aliphatic carbocycles. The van der Waals surface area contributed by atoms with Gasteiger partial charge in [0.25, 0.3) is 0 Å². The summed E-state index contributed by atoms with van der Waals surface area (Å²) in [7, 11) is 0. The third-order valence-corrected chi connectivity index (χ3v) is 4.89. The van der Waals surface area contributed by atoms with Gasteiger partial charge in [-0.2, -0.15) is 0 Å². The normalized spacial score (nSPS) is 34.7. The Bertz CT molecular complexity index is 443. The van der Waals surface area contributed by atoms with Crippen LogP contribution in [0.25, 0.3) is 0 Å². The summed E-state index contributed by atoms with van der Waals surface area (Å²) < 4.78 is 0. The Morgan fingerprint density at radius 2 is 2.05 bits per heavy atom. The molecule has 0 saturated carbocycles. The van der Waals surface area contributed by atoms with E-state index in [-0.39, 0.29) is 0 Å². The number of fused-ring (bicyclic) bond motifs is 1. The Balaban J connectivity index is 1.86. The second-order valence-electron chi connectivity index (χ2n) is 6.39. The van der Waals surface area contributed by atoms with E-state index in [0.29, 0.717) is 12.1 Å². The first kappa shape index (κ1) is 13.1. The van der Waals surface area contributed by atoms with Crippen molar-refractivity contribution in [3.05, 3.63) is 35.4 Å². The van der Waals surface area contributed by atoms with Crippen molar-refractivity contribution in [2.75, 3.05) is 13.1 Å². The first-order chi connectivity index (χ1) is 9.20. The van der Waals surface area contributed by atoms with E-state index < -0.39 is 0 Å². The molecule has 1 heterocycles. The SMILES string of the molecule is CCNC1c2ccccc2CC1N1CC(C)CC1C. The van der Waals surface area contributed by atoms with Crippen LogP contribution in [0, 0.1) is 5.92 Å². The largest absolute Gasteiger partial charge is 0.309 e. The Labute approximate surface area is 117 Å². The lowest BCUT2D eigenvalue weighted by atomic mass is 10.1. The van der Waals surface area contributed by atoms with Crippen molar-refractivity contribution in [2.24, 2.45) is 5.92 Å². The van der Waals surface area contributed by atoms with Gasteiger partial charge in [-0.15, -0.1) is 0 Å². The highest BCUT2D eigenvalue weighted by molar-refractivity contribution is 5.37. The number of hydrogen-bond donors (Lipinski definition) is 1. The first-order valence-corrected chi connectivity index (χ1v) is 7.77. The van der Waals surface area contributed by atoms with E-state index in [1.54, 1.807) is 5.56 Å². The van der Waals surface area contributed by atoms with E-state index in [4.69, 9.17) is 0 Å². The molecule has 0 aromatic heterocycles. The maximum absolute atomic E-state index is 3.72. The van der Waals surface area contributed by atoms with Gasteiger partial charge in [-0.05, 0) is 43.4 Å². The van der Waals surface area contributed by atoms with Crippen LogP contribution in [0.4, 0.5) is 0 Å². The molecular weight excluding hydrogens is 232 g/mol. The van der Waals surface area contributed by atoms with Crippen molar-refractivity contribution in [1.82, 2.24) is 10.2 Å². The maximum atomic E-state index is 3.72. The average molecular weight is 258 g/mol. The van der Waals surface area contributed by atoms with Crippen LogP contribution in [0.5, 0.6) is 0 Å². The number of nitrogens with one attached hydrogen (secondary N) is 1. The Morgan fingerprint density at radius 1 is 1.26 bits per heavy atom. The average Bonchev–Trinajstić information content (AvgIpc) is 2.91. The number of likely N-dealkylation sites (N-methyl/N-ethyl adjacent to an activating group) is 1. The molecule has 2 heteroatoms. The lowest BCUT2D eigenvalue weighted by molar-refractivity contribution is 0.158. The number of benzene rings is 1. The standard InChI is InChI=1S/C17H26N2/c1-4-18-17-15-8-6-5-7-14(15)10-16(17)19-11-12(2)9-13(19)3/h5-8,12-13,16-18H,4,9-11H2,1-3H3. The van der Waals surface area contributed by atoms with Crippen LogP contribution in [0.2, 0.25) is 0 Å². The minimum atomic E-state index is 0.522. The molecule has 2 nitrogen and oxygen atoms in total. The predicted molar refractivity (Wildman–Crippen MR) is 80.3 cm³/mol.